The second-order valence-electron chi connectivity index (χ2n) is 7.23. The van der Waals surface area contributed by atoms with Crippen LogP contribution in [0.3, 0.4) is 0 Å². The van der Waals surface area contributed by atoms with Gasteiger partial charge in [0.15, 0.2) is 11.6 Å². The number of hydrogen-bond acceptors (Lipinski definition) is 4. The summed E-state index contributed by atoms with van der Waals surface area (Å²) in [6.07, 6.45) is 2.89. The van der Waals surface area contributed by atoms with E-state index in [0.717, 1.165) is 16.8 Å². The van der Waals surface area contributed by atoms with E-state index in [4.69, 9.17) is 11.6 Å². The predicted octanol–water partition coefficient (Wildman–Crippen LogP) is 4.67. The third kappa shape index (κ3) is 2.98. The van der Waals surface area contributed by atoms with Crippen molar-refractivity contribution in [2.75, 3.05) is 0 Å². The Balaban J connectivity index is 1.55. The number of carbonyl (C=O) groups excluding carboxylic acids is 1. The Labute approximate surface area is 167 Å². The molecule has 2 aromatic heterocycles. The highest BCUT2D eigenvalue weighted by molar-refractivity contribution is 6.30. The Morgan fingerprint density at radius 2 is 1.89 bits per heavy atom. The van der Waals surface area contributed by atoms with Crippen LogP contribution in [0, 0.1) is 6.92 Å². The van der Waals surface area contributed by atoms with E-state index < -0.39 is 0 Å². The van der Waals surface area contributed by atoms with Gasteiger partial charge in [-0.1, -0.05) is 53.6 Å². The van der Waals surface area contributed by atoms with Crippen molar-refractivity contribution >= 4 is 23.2 Å². The molecule has 5 rings (SSSR count). The Hall–Kier alpha value is -3.05. The quantitative estimate of drug-likeness (QED) is 0.500. The van der Waals surface area contributed by atoms with E-state index >= 15 is 0 Å². The van der Waals surface area contributed by atoms with E-state index in [0.29, 0.717) is 35.0 Å². The van der Waals surface area contributed by atoms with Gasteiger partial charge in [0.1, 0.15) is 0 Å². The van der Waals surface area contributed by atoms with Crippen LogP contribution in [0.4, 0.5) is 0 Å². The predicted molar refractivity (Wildman–Crippen MR) is 108 cm³/mol. The molecule has 0 saturated heterocycles. The van der Waals surface area contributed by atoms with Gasteiger partial charge in [0.2, 0.25) is 0 Å². The van der Waals surface area contributed by atoms with Crippen LogP contribution in [-0.2, 0) is 6.42 Å². The van der Waals surface area contributed by atoms with Crippen LogP contribution in [0.5, 0.6) is 0 Å². The topological polar surface area (TPSA) is 60.1 Å². The van der Waals surface area contributed by atoms with Gasteiger partial charge in [0.25, 0.3) is 5.78 Å². The zero-order valence-corrected chi connectivity index (χ0v) is 16.0. The van der Waals surface area contributed by atoms with E-state index in [1.807, 2.05) is 55.5 Å². The van der Waals surface area contributed by atoms with Crippen molar-refractivity contribution in [3.8, 4) is 11.4 Å². The molecule has 6 heteroatoms. The summed E-state index contributed by atoms with van der Waals surface area (Å²) in [6, 6.07) is 15.7. The molecule has 2 heterocycles. The number of aromatic nitrogens is 4. The fourth-order valence-corrected chi connectivity index (χ4v) is 3.90. The molecule has 28 heavy (non-hydrogen) atoms. The van der Waals surface area contributed by atoms with Crippen molar-refractivity contribution < 1.29 is 4.79 Å². The molecule has 1 aliphatic rings. The Morgan fingerprint density at radius 3 is 2.68 bits per heavy atom. The van der Waals surface area contributed by atoms with Crippen molar-refractivity contribution in [1.29, 1.82) is 0 Å². The second-order valence-corrected chi connectivity index (χ2v) is 7.67. The lowest BCUT2D eigenvalue weighted by molar-refractivity contribution is 0.0962. The number of rotatable bonds is 2. The number of benzene rings is 2. The number of Topliss-reactive ketones (excluding diaryl/α,β-unsaturated/α-hetero) is 1. The molecule has 1 aliphatic carbocycles. The number of carbonyl (C=O) groups is 1. The number of fused-ring (bicyclic) bond motifs is 2. The molecule has 0 N–H and O–H groups in total. The number of halogens is 1. The van der Waals surface area contributed by atoms with Crippen LogP contribution < -0.4 is 0 Å². The standard InChI is InChI=1S/C22H17ClN4O/c1-13-5-7-14(8-6-13)21-25-22-24-19-10-16(15-3-2-4-17(23)9-15)11-20(28)18(19)12-27(22)26-21/h2-9,12,16H,10-11H2,1H3/t16-/m0/s1. The average Bonchev–Trinajstić information content (AvgIpc) is 3.10. The number of aryl methyl sites for hydroxylation is 1. The van der Waals surface area contributed by atoms with Gasteiger partial charge < -0.3 is 0 Å². The largest absolute Gasteiger partial charge is 0.294 e. The monoisotopic (exact) mass is 388 g/mol. The maximum Gasteiger partial charge on any atom is 0.252 e. The Bertz CT molecular complexity index is 1210. The number of nitrogens with zero attached hydrogens (tertiary/aromatic N) is 4. The van der Waals surface area contributed by atoms with Crippen LogP contribution in [0.25, 0.3) is 17.2 Å². The van der Waals surface area contributed by atoms with Gasteiger partial charge in [-0.3, -0.25) is 4.79 Å². The van der Waals surface area contributed by atoms with Gasteiger partial charge in [-0.15, -0.1) is 5.10 Å². The van der Waals surface area contributed by atoms with E-state index in [9.17, 15) is 4.79 Å². The first-order valence-corrected chi connectivity index (χ1v) is 9.56. The zero-order chi connectivity index (χ0) is 19.3. The number of hydrogen-bond donors (Lipinski definition) is 0. The minimum absolute atomic E-state index is 0.0769. The van der Waals surface area contributed by atoms with Crippen LogP contribution >= 0.6 is 11.6 Å². The minimum atomic E-state index is 0.0769. The lowest BCUT2D eigenvalue weighted by Crippen LogP contribution is -2.21. The molecule has 0 unspecified atom stereocenters. The summed E-state index contributed by atoms with van der Waals surface area (Å²) >= 11 is 6.13. The average molecular weight is 389 g/mol. The SMILES string of the molecule is Cc1ccc(-c2nc3nc4c(cn3n2)C(=O)C[C@@H](c2cccc(Cl)c2)C4)cc1. The normalized spacial score (nSPS) is 16.4. The lowest BCUT2D eigenvalue weighted by Gasteiger charge is -2.23. The van der Waals surface area contributed by atoms with Crippen molar-refractivity contribution in [3.05, 3.63) is 82.1 Å². The molecule has 0 saturated carbocycles. The van der Waals surface area contributed by atoms with Crippen molar-refractivity contribution in [1.82, 2.24) is 19.6 Å². The molecule has 0 spiro atoms. The van der Waals surface area contributed by atoms with Gasteiger partial charge in [-0.05, 0) is 37.0 Å². The summed E-state index contributed by atoms with van der Waals surface area (Å²) in [7, 11) is 0. The van der Waals surface area contributed by atoms with Crippen LogP contribution in [0.15, 0.2) is 54.7 Å². The maximum atomic E-state index is 12.8. The second kappa shape index (κ2) is 6.53. The third-order valence-corrected chi connectivity index (χ3v) is 5.45. The van der Waals surface area contributed by atoms with E-state index in [-0.39, 0.29) is 11.7 Å². The smallest absolute Gasteiger partial charge is 0.252 e. The Morgan fingerprint density at radius 1 is 1.07 bits per heavy atom. The van der Waals surface area contributed by atoms with Crippen LogP contribution in [0.1, 0.15) is 39.5 Å². The lowest BCUT2D eigenvalue weighted by atomic mass is 9.82. The molecule has 2 aromatic carbocycles. The first kappa shape index (κ1) is 17.1. The molecule has 4 aromatic rings. The van der Waals surface area contributed by atoms with Gasteiger partial charge in [0, 0.05) is 23.2 Å². The highest BCUT2D eigenvalue weighted by Gasteiger charge is 2.28. The molecule has 0 radical (unpaired) electrons. The fourth-order valence-electron chi connectivity index (χ4n) is 3.70. The van der Waals surface area contributed by atoms with Crippen molar-refractivity contribution in [3.63, 3.8) is 0 Å². The number of ketones is 1. The van der Waals surface area contributed by atoms with Crippen LogP contribution in [-0.4, -0.2) is 25.4 Å². The fraction of sp³-hybridized carbons (Fsp3) is 0.182. The van der Waals surface area contributed by atoms with E-state index in [1.54, 1.807) is 10.7 Å². The van der Waals surface area contributed by atoms with E-state index in [2.05, 4.69) is 15.1 Å². The third-order valence-electron chi connectivity index (χ3n) is 5.21. The molecule has 0 bridgehead atoms. The molecule has 0 amide bonds. The van der Waals surface area contributed by atoms with Crippen molar-refractivity contribution in [2.24, 2.45) is 0 Å². The van der Waals surface area contributed by atoms with Gasteiger partial charge in [0.05, 0.1) is 11.3 Å². The summed E-state index contributed by atoms with van der Waals surface area (Å²) in [6.45, 7) is 2.04. The molecule has 1 atom stereocenters. The van der Waals surface area contributed by atoms with Crippen molar-refractivity contribution in [2.45, 2.75) is 25.7 Å². The van der Waals surface area contributed by atoms with Gasteiger partial charge >= 0.3 is 0 Å². The summed E-state index contributed by atoms with van der Waals surface area (Å²) in [5.74, 6) is 1.27. The molecular formula is C22H17ClN4O. The summed E-state index contributed by atoms with van der Waals surface area (Å²) in [5.41, 5.74) is 4.58. The minimum Gasteiger partial charge on any atom is -0.294 e. The summed E-state index contributed by atoms with van der Waals surface area (Å²) < 4.78 is 1.60. The van der Waals surface area contributed by atoms with Gasteiger partial charge in [-0.25, -0.2) is 9.50 Å². The molecule has 0 fully saturated rings. The molecule has 0 aliphatic heterocycles. The first-order chi connectivity index (χ1) is 13.6. The molecule has 138 valence electrons. The van der Waals surface area contributed by atoms with Crippen LogP contribution in [0.2, 0.25) is 5.02 Å². The molecule has 5 nitrogen and oxygen atoms in total. The highest BCUT2D eigenvalue weighted by Crippen LogP contribution is 2.33. The summed E-state index contributed by atoms with van der Waals surface area (Å²) in [4.78, 5) is 22.0. The molecular weight excluding hydrogens is 372 g/mol. The maximum absolute atomic E-state index is 12.8. The summed E-state index contributed by atoms with van der Waals surface area (Å²) in [5, 5.41) is 5.20. The zero-order valence-electron chi connectivity index (χ0n) is 15.3. The highest BCUT2D eigenvalue weighted by atomic mass is 35.5. The first-order valence-electron chi connectivity index (χ1n) is 9.19. The van der Waals surface area contributed by atoms with E-state index in [1.165, 1.54) is 5.56 Å². The Kier molecular flexibility index (Phi) is 3.98. The van der Waals surface area contributed by atoms with Gasteiger partial charge in [-0.2, -0.15) is 4.98 Å².